The number of aromatic nitrogens is 2. The number of anilines is 1. The predicted octanol–water partition coefficient (Wildman–Crippen LogP) is 4.26. The average Bonchev–Trinajstić information content (AvgIpc) is 3.25. The monoisotopic (exact) mass is 489 g/mol. The van der Waals surface area contributed by atoms with Crippen LogP contribution >= 0.6 is 11.6 Å². The molecule has 0 saturated carbocycles. The third kappa shape index (κ3) is 4.20. The van der Waals surface area contributed by atoms with Crippen molar-refractivity contribution in [3.8, 4) is 5.75 Å². The number of rotatable bonds is 6. The first-order valence-electron chi connectivity index (χ1n) is 10.8. The molecule has 0 spiro atoms. The van der Waals surface area contributed by atoms with E-state index in [-0.39, 0.29) is 24.2 Å². The van der Waals surface area contributed by atoms with E-state index in [0.29, 0.717) is 27.4 Å². The number of carbonyl (C=O) groups is 1. The molecule has 0 aliphatic rings. The van der Waals surface area contributed by atoms with E-state index >= 15 is 0 Å². The van der Waals surface area contributed by atoms with Crippen LogP contribution in [0.4, 0.5) is 5.69 Å². The van der Waals surface area contributed by atoms with Gasteiger partial charge in [0.1, 0.15) is 23.4 Å². The molecule has 8 nitrogen and oxygen atoms in total. The lowest BCUT2D eigenvalue weighted by Crippen LogP contribution is -2.41. The standard InChI is InChI=1S/C26H20ClN3O5/c1-34-21-12-11-17(13-19(21)27)28-22(31)15-29-23-18-9-5-6-10-20(18)35-24(23)25(32)30(26(29)33)14-16-7-3-2-4-8-16/h2-13H,14-15H2,1H3,(H,28,31). The van der Waals surface area contributed by atoms with E-state index in [0.717, 1.165) is 10.1 Å². The quantitative estimate of drug-likeness (QED) is 0.384. The first kappa shape index (κ1) is 22.5. The third-order valence-corrected chi connectivity index (χ3v) is 5.96. The number of para-hydroxylation sites is 1. The fourth-order valence-electron chi connectivity index (χ4n) is 4.04. The number of carbonyl (C=O) groups excluding carboxylic acids is 1. The molecule has 3 aromatic carbocycles. The van der Waals surface area contributed by atoms with Crippen molar-refractivity contribution >= 4 is 45.3 Å². The van der Waals surface area contributed by atoms with Crippen molar-refractivity contribution in [3.63, 3.8) is 0 Å². The summed E-state index contributed by atoms with van der Waals surface area (Å²) < 4.78 is 13.3. The van der Waals surface area contributed by atoms with E-state index in [1.54, 1.807) is 42.5 Å². The molecule has 176 valence electrons. The summed E-state index contributed by atoms with van der Waals surface area (Å²) in [5, 5.41) is 3.65. The van der Waals surface area contributed by atoms with Gasteiger partial charge in [-0.3, -0.25) is 18.7 Å². The average molecular weight is 490 g/mol. The van der Waals surface area contributed by atoms with Gasteiger partial charge in [-0.2, -0.15) is 0 Å². The highest BCUT2D eigenvalue weighted by Crippen LogP contribution is 2.28. The zero-order valence-electron chi connectivity index (χ0n) is 18.7. The molecular formula is C26H20ClN3O5. The lowest BCUT2D eigenvalue weighted by Gasteiger charge is -2.13. The Hall–Kier alpha value is -4.30. The number of hydrogen-bond donors (Lipinski definition) is 1. The van der Waals surface area contributed by atoms with Crippen LogP contribution in [0.25, 0.3) is 22.1 Å². The summed E-state index contributed by atoms with van der Waals surface area (Å²) in [7, 11) is 1.50. The van der Waals surface area contributed by atoms with Crippen LogP contribution in [0.2, 0.25) is 5.02 Å². The van der Waals surface area contributed by atoms with Crippen molar-refractivity contribution in [1.29, 1.82) is 0 Å². The lowest BCUT2D eigenvalue weighted by atomic mass is 10.2. The normalized spacial score (nSPS) is 11.1. The predicted molar refractivity (Wildman–Crippen MR) is 134 cm³/mol. The maximum absolute atomic E-state index is 13.5. The largest absolute Gasteiger partial charge is 0.495 e. The Morgan fingerprint density at radius 1 is 1.00 bits per heavy atom. The molecule has 5 rings (SSSR count). The van der Waals surface area contributed by atoms with E-state index < -0.39 is 17.2 Å². The van der Waals surface area contributed by atoms with Crippen LogP contribution in [0.3, 0.4) is 0 Å². The number of fused-ring (bicyclic) bond motifs is 3. The molecule has 35 heavy (non-hydrogen) atoms. The van der Waals surface area contributed by atoms with Crippen LogP contribution < -0.4 is 21.3 Å². The highest BCUT2D eigenvalue weighted by Gasteiger charge is 2.21. The topological polar surface area (TPSA) is 95.5 Å². The van der Waals surface area contributed by atoms with Crippen molar-refractivity contribution in [3.05, 3.63) is 104 Å². The number of ether oxygens (including phenoxy) is 1. The molecule has 9 heteroatoms. The van der Waals surface area contributed by atoms with Crippen LogP contribution in [0.5, 0.6) is 5.75 Å². The lowest BCUT2D eigenvalue weighted by molar-refractivity contribution is -0.116. The van der Waals surface area contributed by atoms with Gasteiger partial charge in [0.15, 0.2) is 0 Å². The Morgan fingerprint density at radius 3 is 2.49 bits per heavy atom. The van der Waals surface area contributed by atoms with Crippen LogP contribution in [-0.2, 0) is 17.9 Å². The Kier molecular flexibility index (Phi) is 5.88. The molecular weight excluding hydrogens is 470 g/mol. The fraction of sp³-hybridized carbons (Fsp3) is 0.115. The van der Waals surface area contributed by atoms with E-state index in [1.807, 2.05) is 30.3 Å². The van der Waals surface area contributed by atoms with Crippen molar-refractivity contribution in [2.45, 2.75) is 13.1 Å². The minimum atomic E-state index is -0.610. The molecule has 0 bridgehead atoms. The van der Waals surface area contributed by atoms with Crippen molar-refractivity contribution < 1.29 is 13.9 Å². The maximum Gasteiger partial charge on any atom is 0.332 e. The van der Waals surface area contributed by atoms with Crippen molar-refractivity contribution in [2.75, 3.05) is 12.4 Å². The molecule has 1 amide bonds. The van der Waals surface area contributed by atoms with E-state index in [2.05, 4.69) is 5.32 Å². The van der Waals surface area contributed by atoms with Crippen LogP contribution in [-0.4, -0.2) is 22.2 Å². The van der Waals surface area contributed by atoms with Gasteiger partial charge in [-0.25, -0.2) is 4.79 Å². The Morgan fingerprint density at radius 2 is 1.74 bits per heavy atom. The Labute approximate surface area is 203 Å². The molecule has 0 atom stereocenters. The van der Waals surface area contributed by atoms with Gasteiger partial charge in [0.05, 0.1) is 18.7 Å². The number of hydrogen-bond acceptors (Lipinski definition) is 5. The highest BCUT2D eigenvalue weighted by atomic mass is 35.5. The molecule has 0 fully saturated rings. The minimum Gasteiger partial charge on any atom is -0.495 e. The second-order valence-electron chi connectivity index (χ2n) is 7.92. The summed E-state index contributed by atoms with van der Waals surface area (Å²) in [4.78, 5) is 39.8. The van der Waals surface area contributed by atoms with Gasteiger partial charge in [0.25, 0.3) is 5.56 Å². The Bertz CT molecular complexity index is 1690. The van der Waals surface area contributed by atoms with Gasteiger partial charge < -0.3 is 14.5 Å². The summed E-state index contributed by atoms with van der Waals surface area (Å²) in [6, 6.07) is 21.0. The van der Waals surface area contributed by atoms with Gasteiger partial charge in [-0.15, -0.1) is 0 Å². The molecule has 2 aromatic heterocycles. The zero-order chi connectivity index (χ0) is 24.5. The van der Waals surface area contributed by atoms with E-state index in [9.17, 15) is 14.4 Å². The molecule has 5 aromatic rings. The summed E-state index contributed by atoms with van der Waals surface area (Å²) in [6.45, 7) is -0.293. The molecule has 2 heterocycles. The van der Waals surface area contributed by atoms with Gasteiger partial charge >= 0.3 is 5.69 Å². The molecule has 0 aliphatic carbocycles. The number of benzene rings is 3. The smallest absolute Gasteiger partial charge is 0.332 e. The second kappa shape index (κ2) is 9.15. The van der Waals surface area contributed by atoms with Crippen molar-refractivity contribution in [1.82, 2.24) is 9.13 Å². The summed E-state index contributed by atoms with van der Waals surface area (Å²) in [6.07, 6.45) is 0. The number of amides is 1. The highest BCUT2D eigenvalue weighted by molar-refractivity contribution is 6.32. The summed E-state index contributed by atoms with van der Waals surface area (Å²) in [5.41, 5.74) is 0.799. The number of methoxy groups -OCH3 is 1. The molecule has 0 aliphatic heterocycles. The molecule has 0 saturated heterocycles. The summed E-state index contributed by atoms with van der Waals surface area (Å²) >= 11 is 6.16. The first-order chi connectivity index (χ1) is 17.0. The van der Waals surface area contributed by atoms with Crippen LogP contribution in [0.1, 0.15) is 5.56 Å². The SMILES string of the molecule is COc1ccc(NC(=O)Cn2c(=O)n(Cc3ccccc3)c(=O)c3oc4ccccc4c32)cc1Cl. The maximum atomic E-state index is 13.5. The van der Waals surface area contributed by atoms with Crippen LogP contribution in [0, 0.1) is 0 Å². The molecule has 0 unspecified atom stereocenters. The van der Waals surface area contributed by atoms with Gasteiger partial charge in [0, 0.05) is 11.1 Å². The number of nitrogens with zero attached hydrogens (tertiary/aromatic N) is 2. The third-order valence-electron chi connectivity index (χ3n) is 5.66. The second-order valence-corrected chi connectivity index (χ2v) is 8.33. The number of nitrogens with one attached hydrogen (secondary N) is 1. The van der Waals surface area contributed by atoms with Crippen molar-refractivity contribution in [2.24, 2.45) is 0 Å². The summed E-state index contributed by atoms with van der Waals surface area (Å²) in [5.74, 6) is 0.00488. The fourth-order valence-corrected chi connectivity index (χ4v) is 4.29. The first-order valence-corrected chi connectivity index (χ1v) is 11.2. The zero-order valence-corrected chi connectivity index (χ0v) is 19.4. The molecule has 0 radical (unpaired) electrons. The van der Waals surface area contributed by atoms with Gasteiger partial charge in [-0.05, 0) is 35.9 Å². The molecule has 1 N–H and O–H groups in total. The van der Waals surface area contributed by atoms with Gasteiger partial charge in [0.2, 0.25) is 11.5 Å². The van der Waals surface area contributed by atoms with Crippen LogP contribution in [0.15, 0.2) is 86.8 Å². The van der Waals surface area contributed by atoms with E-state index in [1.165, 1.54) is 11.7 Å². The van der Waals surface area contributed by atoms with E-state index in [4.69, 9.17) is 20.8 Å². The van der Waals surface area contributed by atoms with Gasteiger partial charge in [-0.1, -0.05) is 54.1 Å². The minimum absolute atomic E-state index is 0.0158. The number of halogens is 1. The number of furan rings is 1. The Balaban J connectivity index is 1.61.